The van der Waals surface area contributed by atoms with Gasteiger partial charge in [0.15, 0.2) is 0 Å². The monoisotopic (exact) mass is 1100 g/mol. The fourth-order valence-electron chi connectivity index (χ4n) is 7.84. The summed E-state index contributed by atoms with van der Waals surface area (Å²) in [6.45, 7) is 22.0. The lowest BCUT2D eigenvalue weighted by Crippen LogP contribution is -2.18. The zero-order valence-corrected chi connectivity index (χ0v) is 48.1. The zero-order chi connectivity index (χ0) is 58.0. The highest BCUT2D eigenvalue weighted by Crippen LogP contribution is 2.16. The van der Waals surface area contributed by atoms with Gasteiger partial charge in [0, 0.05) is 30.4 Å². The molecule has 0 aliphatic rings. The smallest absolute Gasteiger partial charge is 0.274 e. The lowest BCUT2D eigenvalue weighted by Gasteiger charge is -2.07. The number of unbranched alkanes of at least 4 members (excludes halogenated alkanes) is 3. The van der Waals surface area contributed by atoms with Crippen LogP contribution in [0, 0.1) is 29.6 Å². The minimum Gasteiger partial charge on any atom is -0.289 e. The summed E-state index contributed by atoms with van der Waals surface area (Å²) in [5.41, 5.74) is 16.5. The van der Waals surface area contributed by atoms with E-state index in [9.17, 15) is 24.0 Å². The highest BCUT2D eigenvalue weighted by atomic mass is 16.5. The van der Waals surface area contributed by atoms with E-state index in [4.69, 9.17) is 26.0 Å². The molecule has 0 atom stereocenters. The van der Waals surface area contributed by atoms with E-state index < -0.39 is 11.8 Å². The number of hydrogen-bond acceptors (Lipinski definition) is 10. The highest BCUT2D eigenvalue weighted by Gasteiger charge is 2.07. The standard InChI is InChI=1S/C15H23NO2.2C13H19NO2.C11H15NO2.C10H21NO2.2CH4/c1-12(2)5-3-6-13-7-4-8-14(11-13)9-10-15(17)16-18;1-10(2)4-3-5-11-6-8-12(9-7-11)13(15)14-16;1-10(2)8-12-5-3-4-11(9-12)6-7-13(15)14-16;1-8(2)7-9-3-5-10(6-4-9)11(13)12-14;1-9(2)7-5-3-4-6-8-10(12)11-13;;/h4,7-8,11-12,18H,3,5-6,9-10H2,1-2H3,(H,16,17);6-10,16H,3-5H2,1-2H3,(H,14,15);3-5,9-10,16H,6-8H2,1-2H3,(H,14,15);3-6,8,14H,7H2,1-2H3,(H,12,13);9,13H,3-8H2,1-2H3,(H,11,12);2*1H4. The molecule has 0 heterocycles. The molecule has 0 aromatic heterocycles. The molecule has 4 rings (SSSR count). The Morgan fingerprint density at radius 3 is 1.06 bits per heavy atom. The van der Waals surface area contributed by atoms with Crippen LogP contribution in [0.15, 0.2) is 97.1 Å². The lowest BCUT2D eigenvalue weighted by molar-refractivity contribution is -0.129. The van der Waals surface area contributed by atoms with Crippen molar-refractivity contribution in [3.05, 3.63) is 142 Å². The maximum Gasteiger partial charge on any atom is 0.274 e. The molecular weight excluding hydrogens is 999 g/mol. The zero-order valence-electron chi connectivity index (χ0n) is 48.1. The van der Waals surface area contributed by atoms with Gasteiger partial charge in [0.2, 0.25) is 17.7 Å². The van der Waals surface area contributed by atoms with Gasteiger partial charge in [-0.25, -0.2) is 27.4 Å². The molecule has 0 aliphatic heterocycles. The second kappa shape index (κ2) is 48.0. The van der Waals surface area contributed by atoms with Crippen LogP contribution >= 0.6 is 0 Å². The molecule has 0 spiro atoms. The van der Waals surface area contributed by atoms with Crippen LogP contribution in [0.2, 0.25) is 0 Å². The fourth-order valence-corrected chi connectivity index (χ4v) is 7.84. The SMILES string of the molecule is C.C.CC(C)CCCCCCC(=O)NO.CC(C)CCCc1ccc(C(=O)NO)cc1.CC(C)CCCc1cccc(CCC(=O)NO)c1.CC(C)Cc1ccc(C(=O)NO)cc1.CC(C)Cc1cccc(CCC(=O)NO)c1. The molecule has 0 saturated heterocycles. The largest absolute Gasteiger partial charge is 0.289 e. The molecule has 10 N–H and O–H groups in total. The first-order chi connectivity index (χ1) is 36.7. The summed E-state index contributed by atoms with van der Waals surface area (Å²) < 4.78 is 0. The summed E-state index contributed by atoms with van der Waals surface area (Å²) in [4.78, 5) is 54.5. The third-order valence-corrected chi connectivity index (χ3v) is 12.0. The molecule has 0 unspecified atom stereocenters. The number of amides is 5. The molecule has 4 aromatic rings. The van der Waals surface area contributed by atoms with Crippen molar-refractivity contribution < 1.29 is 50.0 Å². The van der Waals surface area contributed by atoms with Crippen LogP contribution in [-0.4, -0.2) is 55.6 Å². The summed E-state index contributed by atoms with van der Waals surface area (Å²) >= 11 is 0. The van der Waals surface area contributed by atoms with Gasteiger partial charge in [-0.05, 0) is 145 Å². The molecule has 15 heteroatoms. The van der Waals surface area contributed by atoms with Crippen LogP contribution in [-0.2, 0) is 52.9 Å². The number of benzene rings is 4. The van der Waals surface area contributed by atoms with Crippen molar-refractivity contribution in [3.8, 4) is 0 Å². The van der Waals surface area contributed by atoms with Crippen LogP contribution in [0.3, 0.4) is 0 Å². The van der Waals surface area contributed by atoms with Crippen LogP contribution in [0.4, 0.5) is 0 Å². The maximum absolute atomic E-state index is 11.1. The predicted molar refractivity (Wildman–Crippen MR) is 319 cm³/mol. The van der Waals surface area contributed by atoms with E-state index in [2.05, 4.69) is 93.5 Å². The van der Waals surface area contributed by atoms with Gasteiger partial charge in [0.1, 0.15) is 0 Å². The summed E-state index contributed by atoms with van der Waals surface area (Å²) in [6.07, 6.45) is 17.1. The molecule has 0 saturated carbocycles. The van der Waals surface area contributed by atoms with E-state index in [0.717, 1.165) is 67.4 Å². The van der Waals surface area contributed by atoms with E-state index in [1.807, 2.05) is 48.5 Å². The summed E-state index contributed by atoms with van der Waals surface area (Å²) in [7, 11) is 0. The minimum atomic E-state index is -0.471. The van der Waals surface area contributed by atoms with E-state index >= 15 is 0 Å². The topological polar surface area (TPSA) is 247 Å². The second-order valence-corrected chi connectivity index (χ2v) is 21.6. The Labute approximate surface area is 476 Å². The Bertz CT molecular complexity index is 2200. The van der Waals surface area contributed by atoms with Gasteiger partial charge in [0.05, 0.1) is 0 Å². The van der Waals surface area contributed by atoms with Crippen LogP contribution < -0.4 is 27.4 Å². The number of hydroxylamine groups is 5. The van der Waals surface area contributed by atoms with E-state index in [1.54, 1.807) is 51.7 Å². The van der Waals surface area contributed by atoms with Crippen LogP contribution in [0.25, 0.3) is 0 Å². The van der Waals surface area contributed by atoms with Gasteiger partial charge in [0.25, 0.3) is 11.8 Å². The van der Waals surface area contributed by atoms with Gasteiger partial charge in [-0.3, -0.25) is 50.0 Å². The number of aryl methyl sites for hydroxylation is 4. The molecule has 4 aromatic carbocycles. The molecule has 15 nitrogen and oxygen atoms in total. The molecule has 0 radical (unpaired) electrons. The average molecular weight is 1100 g/mol. The average Bonchev–Trinajstić information content (AvgIpc) is 3.40. The Morgan fingerprint density at radius 1 is 0.342 bits per heavy atom. The molecule has 0 bridgehead atoms. The van der Waals surface area contributed by atoms with Crippen LogP contribution in [0.5, 0.6) is 0 Å². The van der Waals surface area contributed by atoms with Crippen LogP contribution in [0.1, 0.15) is 215 Å². The van der Waals surface area contributed by atoms with Crippen molar-refractivity contribution in [1.29, 1.82) is 0 Å². The van der Waals surface area contributed by atoms with Gasteiger partial charge >= 0.3 is 0 Å². The highest BCUT2D eigenvalue weighted by molar-refractivity contribution is 5.93. The summed E-state index contributed by atoms with van der Waals surface area (Å²) in [5.74, 6) is 1.62. The Hall–Kier alpha value is -5.97. The fraction of sp³-hybridized carbons (Fsp3) is 0.547. The molecule has 5 amide bonds. The second-order valence-electron chi connectivity index (χ2n) is 21.6. The Balaban J connectivity index is -0.000000912. The van der Waals surface area contributed by atoms with Crippen molar-refractivity contribution in [2.24, 2.45) is 29.6 Å². The van der Waals surface area contributed by atoms with Crippen molar-refractivity contribution in [1.82, 2.24) is 27.4 Å². The maximum atomic E-state index is 11.1. The molecular formula is C64H105N5O10. The predicted octanol–water partition coefficient (Wildman–Crippen LogP) is 14.0. The number of carbonyl (C=O) groups is 5. The van der Waals surface area contributed by atoms with Crippen molar-refractivity contribution in [2.75, 3.05) is 0 Å². The van der Waals surface area contributed by atoms with Gasteiger partial charge < -0.3 is 0 Å². The van der Waals surface area contributed by atoms with Crippen molar-refractivity contribution >= 4 is 29.5 Å². The third-order valence-electron chi connectivity index (χ3n) is 12.0. The van der Waals surface area contributed by atoms with E-state index in [1.165, 1.54) is 67.2 Å². The molecule has 0 aliphatic carbocycles. The number of hydrogen-bond donors (Lipinski definition) is 10. The first-order valence-corrected chi connectivity index (χ1v) is 27.7. The third kappa shape index (κ3) is 42.6. The Kier molecular flexibility index (Phi) is 46.9. The number of nitrogens with one attached hydrogen (secondary N) is 5. The quantitative estimate of drug-likeness (QED) is 0.0154. The molecule has 0 fully saturated rings. The van der Waals surface area contributed by atoms with Gasteiger partial charge in [-0.15, -0.1) is 0 Å². The summed E-state index contributed by atoms with van der Waals surface area (Å²) in [5, 5.41) is 41.9. The number of carbonyl (C=O) groups excluding carboxylic acids is 5. The van der Waals surface area contributed by atoms with E-state index in [-0.39, 0.29) is 32.6 Å². The van der Waals surface area contributed by atoms with Crippen molar-refractivity contribution in [3.63, 3.8) is 0 Å². The van der Waals surface area contributed by atoms with E-state index in [0.29, 0.717) is 55.1 Å². The minimum absolute atomic E-state index is 0. The number of rotatable bonds is 27. The Morgan fingerprint density at radius 2 is 0.671 bits per heavy atom. The normalized spacial score (nSPS) is 10.2. The van der Waals surface area contributed by atoms with Gasteiger partial charge in [-0.2, -0.15) is 0 Å². The van der Waals surface area contributed by atoms with Crippen molar-refractivity contribution in [2.45, 2.75) is 200 Å². The first-order valence-electron chi connectivity index (χ1n) is 27.7. The molecule has 446 valence electrons. The molecule has 79 heavy (non-hydrogen) atoms. The lowest BCUT2D eigenvalue weighted by atomic mass is 9.99. The first kappa shape index (κ1) is 77.3. The van der Waals surface area contributed by atoms with Gasteiger partial charge in [-0.1, -0.05) is 195 Å². The summed E-state index contributed by atoms with van der Waals surface area (Å²) in [6, 6.07) is 31.2.